The van der Waals surface area contributed by atoms with Gasteiger partial charge in [0.05, 0.1) is 12.3 Å². The van der Waals surface area contributed by atoms with Gasteiger partial charge in [-0.05, 0) is 50.1 Å². The van der Waals surface area contributed by atoms with Crippen LogP contribution in [0.3, 0.4) is 0 Å². The van der Waals surface area contributed by atoms with Gasteiger partial charge in [-0.3, -0.25) is 9.59 Å². The highest BCUT2D eigenvalue weighted by Crippen LogP contribution is 2.15. The van der Waals surface area contributed by atoms with Gasteiger partial charge in [-0.2, -0.15) is 0 Å². The number of rotatable bonds is 6. The van der Waals surface area contributed by atoms with Crippen LogP contribution in [0.5, 0.6) is 0 Å². The molecule has 1 atom stereocenters. The maximum absolute atomic E-state index is 12.9. The molecule has 0 aliphatic rings. The van der Waals surface area contributed by atoms with Gasteiger partial charge in [-0.15, -0.1) is 0 Å². The Morgan fingerprint density at radius 1 is 0.966 bits per heavy atom. The molecule has 0 bridgehead atoms. The van der Waals surface area contributed by atoms with Crippen LogP contribution in [-0.4, -0.2) is 11.8 Å². The van der Waals surface area contributed by atoms with Crippen molar-refractivity contribution in [3.8, 4) is 0 Å². The molecule has 0 saturated heterocycles. The van der Waals surface area contributed by atoms with E-state index in [1.165, 1.54) is 12.3 Å². The van der Waals surface area contributed by atoms with Gasteiger partial charge in [0.15, 0.2) is 0 Å². The Labute approximate surface area is 170 Å². The molecule has 1 heterocycles. The van der Waals surface area contributed by atoms with E-state index in [0.29, 0.717) is 11.3 Å². The van der Waals surface area contributed by atoms with Gasteiger partial charge in [0.1, 0.15) is 11.5 Å². The van der Waals surface area contributed by atoms with Crippen LogP contribution in [0.1, 0.15) is 45.8 Å². The zero-order valence-corrected chi connectivity index (χ0v) is 16.7. The standard InChI is InChI=1S/C24H24N2O3/c1-16-10-12-19(13-11-16)18(3)25-24(28)22(15-20-8-6-14-29-20)26-23(27)21-9-5-4-7-17(21)2/h4-15,18H,1-3H3,(H,25,28)(H,26,27)/b22-15-. The molecular formula is C24H24N2O3. The van der Waals surface area contributed by atoms with Gasteiger partial charge in [-0.1, -0.05) is 48.0 Å². The topological polar surface area (TPSA) is 71.3 Å². The van der Waals surface area contributed by atoms with Gasteiger partial charge in [0.25, 0.3) is 11.8 Å². The molecule has 2 N–H and O–H groups in total. The molecule has 29 heavy (non-hydrogen) atoms. The third-order valence-electron chi connectivity index (χ3n) is 4.64. The van der Waals surface area contributed by atoms with Gasteiger partial charge >= 0.3 is 0 Å². The predicted molar refractivity (Wildman–Crippen MR) is 113 cm³/mol. The van der Waals surface area contributed by atoms with E-state index >= 15 is 0 Å². The molecule has 3 aromatic rings. The first kappa shape index (κ1) is 20.1. The van der Waals surface area contributed by atoms with E-state index in [2.05, 4.69) is 10.6 Å². The number of carbonyl (C=O) groups excluding carboxylic acids is 2. The van der Waals surface area contributed by atoms with Crippen molar-refractivity contribution in [2.75, 3.05) is 0 Å². The Morgan fingerprint density at radius 2 is 1.69 bits per heavy atom. The molecular weight excluding hydrogens is 364 g/mol. The summed E-state index contributed by atoms with van der Waals surface area (Å²) in [6, 6.07) is 18.4. The number of benzene rings is 2. The Balaban J connectivity index is 1.81. The number of hydrogen-bond donors (Lipinski definition) is 2. The van der Waals surface area contributed by atoms with E-state index in [0.717, 1.165) is 16.7 Å². The number of hydrogen-bond acceptors (Lipinski definition) is 3. The average molecular weight is 388 g/mol. The van der Waals surface area contributed by atoms with Crippen molar-refractivity contribution in [1.82, 2.24) is 10.6 Å². The van der Waals surface area contributed by atoms with Crippen molar-refractivity contribution in [2.45, 2.75) is 26.8 Å². The van der Waals surface area contributed by atoms with Crippen molar-refractivity contribution in [3.05, 3.63) is 101 Å². The van der Waals surface area contributed by atoms with Crippen LogP contribution in [0.4, 0.5) is 0 Å². The lowest BCUT2D eigenvalue weighted by Gasteiger charge is -2.17. The highest BCUT2D eigenvalue weighted by Gasteiger charge is 2.18. The second-order valence-electron chi connectivity index (χ2n) is 6.95. The van der Waals surface area contributed by atoms with Crippen molar-refractivity contribution < 1.29 is 14.0 Å². The minimum absolute atomic E-state index is 0.118. The summed E-state index contributed by atoms with van der Waals surface area (Å²) in [5.41, 5.74) is 3.59. The molecule has 1 unspecified atom stereocenters. The van der Waals surface area contributed by atoms with Crippen LogP contribution >= 0.6 is 0 Å². The van der Waals surface area contributed by atoms with Crippen LogP contribution < -0.4 is 10.6 Å². The third kappa shape index (κ3) is 5.23. The molecule has 2 aromatic carbocycles. The molecule has 2 amide bonds. The predicted octanol–water partition coefficient (Wildman–Crippen LogP) is 4.54. The van der Waals surface area contributed by atoms with Gasteiger partial charge in [0, 0.05) is 11.6 Å². The SMILES string of the molecule is Cc1ccc(C(C)NC(=O)/C(=C/c2ccco2)NC(=O)c2ccccc2C)cc1. The highest BCUT2D eigenvalue weighted by molar-refractivity contribution is 6.05. The number of nitrogens with one attached hydrogen (secondary N) is 2. The fourth-order valence-corrected chi connectivity index (χ4v) is 2.90. The van der Waals surface area contributed by atoms with Crippen LogP contribution in [0.15, 0.2) is 77.0 Å². The van der Waals surface area contributed by atoms with E-state index in [1.54, 1.807) is 24.3 Å². The summed E-state index contributed by atoms with van der Waals surface area (Å²) in [4.78, 5) is 25.7. The molecule has 0 spiro atoms. The Bertz CT molecular complexity index is 1020. The molecule has 5 nitrogen and oxygen atoms in total. The highest BCUT2D eigenvalue weighted by atomic mass is 16.3. The van der Waals surface area contributed by atoms with E-state index in [4.69, 9.17) is 4.42 Å². The minimum atomic E-state index is -0.392. The van der Waals surface area contributed by atoms with Crippen molar-refractivity contribution in [1.29, 1.82) is 0 Å². The first-order valence-electron chi connectivity index (χ1n) is 9.43. The maximum Gasteiger partial charge on any atom is 0.268 e. The number of carbonyl (C=O) groups is 2. The summed E-state index contributed by atoms with van der Waals surface area (Å²) in [7, 11) is 0. The molecule has 3 rings (SSSR count). The summed E-state index contributed by atoms with van der Waals surface area (Å²) in [6.45, 7) is 5.76. The summed E-state index contributed by atoms with van der Waals surface area (Å²) < 4.78 is 5.32. The number of amides is 2. The van der Waals surface area contributed by atoms with Crippen LogP contribution in [0, 0.1) is 13.8 Å². The summed E-state index contributed by atoms with van der Waals surface area (Å²) in [6.07, 6.45) is 3.03. The quantitative estimate of drug-likeness (QED) is 0.609. The third-order valence-corrected chi connectivity index (χ3v) is 4.64. The van der Waals surface area contributed by atoms with E-state index in [-0.39, 0.29) is 17.6 Å². The van der Waals surface area contributed by atoms with Crippen molar-refractivity contribution in [3.63, 3.8) is 0 Å². The second-order valence-corrected chi connectivity index (χ2v) is 6.95. The molecule has 148 valence electrons. The first-order valence-corrected chi connectivity index (χ1v) is 9.43. The van der Waals surface area contributed by atoms with Gasteiger partial charge in [-0.25, -0.2) is 0 Å². The molecule has 5 heteroatoms. The Hall–Kier alpha value is -3.60. The lowest BCUT2D eigenvalue weighted by Crippen LogP contribution is -2.36. The largest absolute Gasteiger partial charge is 0.465 e. The molecule has 0 aliphatic heterocycles. The van der Waals surface area contributed by atoms with E-state index < -0.39 is 5.91 Å². The van der Waals surface area contributed by atoms with E-state index in [1.807, 2.05) is 57.2 Å². The van der Waals surface area contributed by atoms with Gasteiger partial charge < -0.3 is 15.1 Å². The minimum Gasteiger partial charge on any atom is -0.465 e. The van der Waals surface area contributed by atoms with Crippen molar-refractivity contribution in [2.24, 2.45) is 0 Å². The fraction of sp³-hybridized carbons (Fsp3) is 0.167. The lowest BCUT2D eigenvalue weighted by atomic mass is 10.1. The van der Waals surface area contributed by atoms with E-state index in [9.17, 15) is 9.59 Å². The van der Waals surface area contributed by atoms with Crippen LogP contribution in [0.2, 0.25) is 0 Å². The monoisotopic (exact) mass is 388 g/mol. The number of aryl methyl sites for hydroxylation is 2. The molecule has 0 fully saturated rings. The Morgan fingerprint density at radius 3 is 2.34 bits per heavy atom. The smallest absolute Gasteiger partial charge is 0.268 e. The van der Waals surface area contributed by atoms with Crippen LogP contribution in [-0.2, 0) is 4.79 Å². The maximum atomic E-state index is 12.9. The average Bonchev–Trinajstić information content (AvgIpc) is 3.21. The first-order chi connectivity index (χ1) is 13.9. The zero-order chi connectivity index (χ0) is 20.8. The zero-order valence-electron chi connectivity index (χ0n) is 16.7. The normalized spacial score (nSPS) is 12.3. The molecule has 0 aliphatic carbocycles. The van der Waals surface area contributed by atoms with Gasteiger partial charge in [0.2, 0.25) is 0 Å². The van der Waals surface area contributed by atoms with Crippen LogP contribution in [0.25, 0.3) is 6.08 Å². The Kier molecular flexibility index (Phi) is 6.29. The summed E-state index contributed by atoms with van der Waals surface area (Å²) >= 11 is 0. The molecule has 0 saturated carbocycles. The fourth-order valence-electron chi connectivity index (χ4n) is 2.90. The second kappa shape index (κ2) is 9.06. The molecule has 0 radical (unpaired) electrons. The van der Waals surface area contributed by atoms with Crippen molar-refractivity contribution >= 4 is 17.9 Å². The summed E-state index contributed by atoms with van der Waals surface area (Å²) in [5.74, 6) is -0.265. The number of furan rings is 1. The molecule has 1 aromatic heterocycles. The lowest BCUT2D eigenvalue weighted by molar-refractivity contribution is -0.118. The summed E-state index contributed by atoms with van der Waals surface area (Å²) in [5, 5.41) is 5.66.